The molecule has 3 rings (SSSR count). The number of benzene rings is 1. The van der Waals surface area contributed by atoms with Gasteiger partial charge in [-0.2, -0.15) is 0 Å². The molecule has 2 heterocycles. The summed E-state index contributed by atoms with van der Waals surface area (Å²) in [6.45, 7) is 5.88. The zero-order valence-electron chi connectivity index (χ0n) is 14.3. The molecule has 0 aromatic heterocycles. The van der Waals surface area contributed by atoms with Crippen LogP contribution in [0.5, 0.6) is 0 Å². The zero-order valence-corrected chi connectivity index (χ0v) is 14.3. The quantitative estimate of drug-likeness (QED) is 0.837. The highest BCUT2D eigenvalue weighted by atomic mass is 16.5. The number of methoxy groups -OCH3 is 1. The average Bonchev–Trinajstić information content (AvgIpc) is 3.23. The molecule has 0 radical (unpaired) electrons. The van der Waals surface area contributed by atoms with Gasteiger partial charge in [0.05, 0.1) is 6.61 Å². The van der Waals surface area contributed by atoms with Crippen molar-refractivity contribution < 1.29 is 9.53 Å². The number of likely N-dealkylation sites (N-methyl/N-ethyl adjacent to an activating group) is 1. The largest absolute Gasteiger partial charge is 0.380 e. The lowest BCUT2D eigenvalue weighted by molar-refractivity contribution is 0.0645. The number of carbonyl (C=O) groups is 1. The third-order valence-electron chi connectivity index (χ3n) is 5.37. The number of amides is 1. The van der Waals surface area contributed by atoms with Gasteiger partial charge in [-0.25, -0.2) is 0 Å². The number of likely N-dealkylation sites (tertiary alicyclic amines) is 2. The fourth-order valence-electron chi connectivity index (χ4n) is 4.29. The molecule has 0 saturated carbocycles. The average molecular weight is 316 g/mol. The van der Waals surface area contributed by atoms with Crippen LogP contribution < -0.4 is 0 Å². The number of hydrogen-bond acceptors (Lipinski definition) is 3. The molecular formula is C19H28N2O2. The second-order valence-corrected chi connectivity index (χ2v) is 6.64. The second-order valence-electron chi connectivity index (χ2n) is 6.64. The second kappa shape index (κ2) is 7.45. The van der Waals surface area contributed by atoms with E-state index in [1.165, 1.54) is 19.4 Å². The lowest BCUT2D eigenvalue weighted by atomic mass is 10.0. The molecule has 1 amide bonds. The minimum Gasteiger partial charge on any atom is -0.380 e. The Kier molecular flexibility index (Phi) is 5.34. The van der Waals surface area contributed by atoms with Crippen LogP contribution in [0.4, 0.5) is 0 Å². The van der Waals surface area contributed by atoms with Gasteiger partial charge < -0.3 is 9.64 Å². The smallest absolute Gasteiger partial charge is 0.254 e. The fraction of sp³-hybridized carbons (Fsp3) is 0.632. The Hall–Kier alpha value is -1.39. The summed E-state index contributed by atoms with van der Waals surface area (Å²) in [4.78, 5) is 17.8. The van der Waals surface area contributed by atoms with Crippen LogP contribution in [0.25, 0.3) is 0 Å². The van der Waals surface area contributed by atoms with Gasteiger partial charge >= 0.3 is 0 Å². The van der Waals surface area contributed by atoms with Gasteiger partial charge in [0.1, 0.15) is 0 Å². The van der Waals surface area contributed by atoms with Crippen molar-refractivity contribution in [2.24, 2.45) is 0 Å². The van der Waals surface area contributed by atoms with Gasteiger partial charge in [0.25, 0.3) is 5.91 Å². The molecule has 0 bridgehead atoms. The summed E-state index contributed by atoms with van der Waals surface area (Å²) in [7, 11) is 1.68. The molecule has 1 aromatic rings. The molecule has 0 aliphatic carbocycles. The zero-order chi connectivity index (χ0) is 16.2. The van der Waals surface area contributed by atoms with Gasteiger partial charge in [0.2, 0.25) is 0 Å². The molecule has 23 heavy (non-hydrogen) atoms. The monoisotopic (exact) mass is 316 g/mol. The van der Waals surface area contributed by atoms with Crippen LogP contribution in [0.15, 0.2) is 24.3 Å². The molecule has 0 N–H and O–H groups in total. The van der Waals surface area contributed by atoms with E-state index in [0.717, 1.165) is 37.1 Å². The van der Waals surface area contributed by atoms with Crippen molar-refractivity contribution in [3.63, 3.8) is 0 Å². The van der Waals surface area contributed by atoms with Gasteiger partial charge in [-0.3, -0.25) is 9.69 Å². The standard InChI is InChI=1S/C19H28N2O2/c1-3-20-12-6-10-17(20)18-11-7-13-21(18)19(22)16-9-5-4-8-15(16)14-23-2/h4-5,8-9,17-18H,3,6-7,10-14H2,1-2H3/t17-,18+/m0/s1. The Morgan fingerprint density at radius 2 is 1.91 bits per heavy atom. The van der Waals surface area contributed by atoms with E-state index >= 15 is 0 Å². The highest BCUT2D eigenvalue weighted by Gasteiger charge is 2.39. The van der Waals surface area contributed by atoms with E-state index in [4.69, 9.17) is 4.74 Å². The fourth-order valence-corrected chi connectivity index (χ4v) is 4.29. The summed E-state index contributed by atoms with van der Waals surface area (Å²) in [5.41, 5.74) is 1.80. The number of rotatable bonds is 5. The van der Waals surface area contributed by atoms with E-state index in [-0.39, 0.29) is 5.91 Å². The normalized spacial score (nSPS) is 25.2. The number of carbonyl (C=O) groups excluding carboxylic acids is 1. The minimum absolute atomic E-state index is 0.183. The molecule has 2 aliphatic rings. The van der Waals surface area contributed by atoms with Gasteiger partial charge in [0, 0.05) is 31.3 Å². The Morgan fingerprint density at radius 3 is 2.70 bits per heavy atom. The van der Waals surface area contributed by atoms with E-state index in [0.29, 0.717) is 18.7 Å². The van der Waals surface area contributed by atoms with E-state index in [1.807, 2.05) is 24.3 Å². The Balaban J connectivity index is 1.81. The predicted octanol–water partition coefficient (Wildman–Crippen LogP) is 2.92. The van der Waals surface area contributed by atoms with Crippen LogP contribution in [0.1, 0.15) is 48.5 Å². The highest BCUT2D eigenvalue weighted by molar-refractivity contribution is 5.96. The maximum atomic E-state index is 13.2. The Bertz CT molecular complexity index is 546. The molecule has 0 spiro atoms. The molecule has 126 valence electrons. The summed E-state index contributed by atoms with van der Waals surface area (Å²) in [5.74, 6) is 0.183. The van der Waals surface area contributed by atoms with E-state index in [9.17, 15) is 4.79 Å². The Labute approximate surface area is 139 Å². The molecule has 2 fully saturated rings. The van der Waals surface area contributed by atoms with Gasteiger partial charge in [-0.15, -0.1) is 0 Å². The first-order valence-corrected chi connectivity index (χ1v) is 8.88. The number of ether oxygens (including phenoxy) is 1. The van der Waals surface area contributed by atoms with Gasteiger partial charge in [-0.1, -0.05) is 25.1 Å². The van der Waals surface area contributed by atoms with Crippen molar-refractivity contribution in [3.05, 3.63) is 35.4 Å². The van der Waals surface area contributed by atoms with Crippen molar-refractivity contribution in [2.75, 3.05) is 26.7 Å². The molecule has 2 saturated heterocycles. The SMILES string of the molecule is CCN1CCC[C@H]1[C@H]1CCCN1C(=O)c1ccccc1COC. The van der Waals surface area contributed by atoms with E-state index in [1.54, 1.807) is 7.11 Å². The van der Waals surface area contributed by atoms with E-state index in [2.05, 4.69) is 16.7 Å². The summed E-state index contributed by atoms with van der Waals surface area (Å²) >= 11 is 0. The summed E-state index contributed by atoms with van der Waals surface area (Å²) in [6.07, 6.45) is 4.75. The molecule has 1 aromatic carbocycles. The van der Waals surface area contributed by atoms with Crippen LogP contribution in [0, 0.1) is 0 Å². The van der Waals surface area contributed by atoms with Crippen molar-refractivity contribution in [2.45, 2.75) is 51.3 Å². The van der Waals surface area contributed by atoms with Crippen LogP contribution in [0.3, 0.4) is 0 Å². The number of nitrogens with zero attached hydrogens (tertiary/aromatic N) is 2. The maximum absolute atomic E-state index is 13.2. The van der Waals surface area contributed by atoms with Crippen LogP contribution in [-0.2, 0) is 11.3 Å². The summed E-state index contributed by atoms with van der Waals surface area (Å²) in [5, 5.41) is 0. The summed E-state index contributed by atoms with van der Waals surface area (Å²) < 4.78 is 5.26. The first kappa shape index (κ1) is 16.5. The first-order chi connectivity index (χ1) is 11.3. The molecule has 4 heteroatoms. The molecule has 4 nitrogen and oxygen atoms in total. The van der Waals surface area contributed by atoms with Crippen LogP contribution in [-0.4, -0.2) is 54.5 Å². The third-order valence-corrected chi connectivity index (χ3v) is 5.37. The lowest BCUT2D eigenvalue weighted by Crippen LogP contribution is -2.48. The van der Waals surface area contributed by atoms with Crippen molar-refractivity contribution in [1.29, 1.82) is 0 Å². The van der Waals surface area contributed by atoms with Crippen molar-refractivity contribution in [3.8, 4) is 0 Å². The lowest BCUT2D eigenvalue weighted by Gasteiger charge is -2.35. The van der Waals surface area contributed by atoms with Gasteiger partial charge in [0.15, 0.2) is 0 Å². The van der Waals surface area contributed by atoms with Gasteiger partial charge in [-0.05, 0) is 50.4 Å². The minimum atomic E-state index is 0.183. The Morgan fingerprint density at radius 1 is 1.17 bits per heavy atom. The van der Waals surface area contributed by atoms with Crippen molar-refractivity contribution in [1.82, 2.24) is 9.80 Å². The third kappa shape index (κ3) is 3.29. The first-order valence-electron chi connectivity index (χ1n) is 8.88. The van der Waals surface area contributed by atoms with E-state index < -0.39 is 0 Å². The number of hydrogen-bond donors (Lipinski definition) is 0. The van der Waals surface area contributed by atoms with Crippen molar-refractivity contribution >= 4 is 5.91 Å². The topological polar surface area (TPSA) is 32.8 Å². The van der Waals surface area contributed by atoms with Crippen LogP contribution in [0.2, 0.25) is 0 Å². The highest BCUT2D eigenvalue weighted by Crippen LogP contribution is 2.31. The maximum Gasteiger partial charge on any atom is 0.254 e. The predicted molar refractivity (Wildman–Crippen MR) is 91.5 cm³/mol. The molecule has 0 unspecified atom stereocenters. The molecule has 2 atom stereocenters. The summed E-state index contributed by atoms with van der Waals surface area (Å²) in [6, 6.07) is 8.78. The van der Waals surface area contributed by atoms with Crippen LogP contribution >= 0.6 is 0 Å². The molecular weight excluding hydrogens is 288 g/mol. The molecule has 2 aliphatic heterocycles.